The molecule has 1 saturated heterocycles. The van der Waals surface area contributed by atoms with E-state index in [1.807, 2.05) is 30.3 Å². The third-order valence-corrected chi connectivity index (χ3v) is 10.4. The Morgan fingerprint density at radius 3 is 2.31 bits per heavy atom. The lowest BCUT2D eigenvalue weighted by molar-refractivity contribution is 0.360. The Morgan fingerprint density at radius 2 is 1.64 bits per heavy atom. The quantitative estimate of drug-likeness (QED) is 0.291. The first-order chi connectivity index (χ1) is 20.1. The van der Waals surface area contributed by atoms with E-state index in [0.717, 1.165) is 5.56 Å². The van der Waals surface area contributed by atoms with Crippen LogP contribution in [0.2, 0.25) is 5.02 Å². The summed E-state index contributed by atoms with van der Waals surface area (Å²) in [5.74, 6) is -1.12. The highest BCUT2D eigenvalue weighted by Crippen LogP contribution is 2.29. The fourth-order valence-corrected chi connectivity index (χ4v) is 7.21. The molecule has 0 radical (unpaired) electrons. The number of hydrazone groups is 1. The highest BCUT2D eigenvalue weighted by Gasteiger charge is 2.33. The molecule has 2 heterocycles. The molecule has 3 aromatic carbocycles. The van der Waals surface area contributed by atoms with Crippen LogP contribution in [0.15, 0.2) is 93.9 Å². The van der Waals surface area contributed by atoms with Crippen LogP contribution >= 0.6 is 11.6 Å². The van der Waals surface area contributed by atoms with Crippen molar-refractivity contribution in [3.05, 3.63) is 101 Å². The van der Waals surface area contributed by atoms with Gasteiger partial charge in [-0.25, -0.2) is 35.9 Å². The number of aliphatic imine (C=N–C) groups is 1. The average Bonchev–Trinajstić information content (AvgIpc) is 3.44. The van der Waals surface area contributed by atoms with E-state index in [1.54, 1.807) is 12.1 Å². The molecule has 0 aromatic heterocycles. The van der Waals surface area contributed by atoms with Crippen LogP contribution in [0.5, 0.6) is 0 Å². The fraction of sp³-hybridized carbons (Fsp3) is 0.286. The fourth-order valence-electron chi connectivity index (χ4n) is 4.74. The average molecular weight is 633 g/mol. The Morgan fingerprint density at radius 1 is 0.976 bits per heavy atom. The van der Waals surface area contributed by atoms with Crippen LogP contribution in [-0.2, 0) is 20.0 Å². The Hall–Kier alpha value is -3.36. The molecular weight excluding hydrogens is 603 g/mol. The van der Waals surface area contributed by atoms with E-state index in [1.165, 1.54) is 45.7 Å². The number of hydrogen-bond acceptors (Lipinski definition) is 7. The van der Waals surface area contributed by atoms with Gasteiger partial charge in [-0.1, -0.05) is 54.1 Å². The molecule has 5 rings (SSSR count). The van der Waals surface area contributed by atoms with E-state index in [-0.39, 0.29) is 35.6 Å². The van der Waals surface area contributed by atoms with Crippen molar-refractivity contribution >= 4 is 43.3 Å². The molecule has 42 heavy (non-hydrogen) atoms. The van der Waals surface area contributed by atoms with E-state index in [4.69, 9.17) is 16.7 Å². The number of nitrogens with one attached hydrogen (secondary N) is 2. The van der Waals surface area contributed by atoms with Crippen LogP contribution in [0, 0.1) is 5.82 Å². The summed E-state index contributed by atoms with van der Waals surface area (Å²) < 4.78 is 70.3. The van der Waals surface area contributed by atoms with E-state index in [2.05, 4.69) is 15.0 Å². The van der Waals surface area contributed by atoms with Crippen molar-refractivity contribution in [1.29, 1.82) is 0 Å². The lowest BCUT2D eigenvalue weighted by Crippen LogP contribution is -2.47. The first kappa shape index (κ1) is 30.1. The molecule has 0 amide bonds. The van der Waals surface area contributed by atoms with Crippen molar-refractivity contribution in [3.8, 4) is 0 Å². The maximum atomic E-state index is 13.7. The minimum absolute atomic E-state index is 0.0467. The highest BCUT2D eigenvalue weighted by molar-refractivity contribution is 7.90. The standard InChI is InChI=1S/C28H30ClFN6O4S2/c29-23-8-12-25(13-9-23)42(39,40)34-28(32-16-19-41(37,38)35-17-14-31-15-18-35)36-20-26(21-4-2-1-3-5-21)27(33-36)22-6-10-24(30)11-7-22/h1-13,26,31H,14-20H2,(H,32,34)/t26-/m0/s1. The van der Waals surface area contributed by atoms with Gasteiger partial charge in [0.2, 0.25) is 16.0 Å². The summed E-state index contributed by atoms with van der Waals surface area (Å²) in [6.07, 6.45) is 0. The minimum atomic E-state index is -4.14. The zero-order chi connectivity index (χ0) is 29.7. The van der Waals surface area contributed by atoms with Gasteiger partial charge in [0.15, 0.2) is 0 Å². The second-order valence-electron chi connectivity index (χ2n) is 9.77. The van der Waals surface area contributed by atoms with Gasteiger partial charge in [-0.05, 0) is 47.5 Å². The maximum Gasteiger partial charge on any atom is 0.264 e. The van der Waals surface area contributed by atoms with Crippen molar-refractivity contribution in [2.75, 3.05) is 45.0 Å². The van der Waals surface area contributed by atoms with Crippen molar-refractivity contribution in [1.82, 2.24) is 19.4 Å². The van der Waals surface area contributed by atoms with Gasteiger partial charge in [0.1, 0.15) is 5.82 Å². The largest absolute Gasteiger partial charge is 0.314 e. The summed E-state index contributed by atoms with van der Waals surface area (Å²) in [6, 6.07) is 21.1. The molecule has 1 atom stereocenters. The number of piperazine rings is 1. The number of hydrogen-bond donors (Lipinski definition) is 2. The van der Waals surface area contributed by atoms with Gasteiger partial charge in [0, 0.05) is 37.1 Å². The Labute approximate surface area is 250 Å². The maximum absolute atomic E-state index is 13.7. The van der Waals surface area contributed by atoms with Crippen LogP contribution in [-0.4, -0.2) is 82.8 Å². The number of nitrogens with zero attached hydrogens (tertiary/aromatic N) is 4. The summed E-state index contributed by atoms with van der Waals surface area (Å²) in [4.78, 5) is 4.38. The molecule has 0 saturated carbocycles. The number of halogens is 2. The Balaban J connectivity index is 1.49. The SMILES string of the molecule is O=S(=O)(NC(=NCCS(=O)(=O)N1CCNCC1)N1C[C@@H](c2ccccc2)C(c2ccc(F)cc2)=N1)c1ccc(Cl)cc1. The van der Waals surface area contributed by atoms with Crippen molar-refractivity contribution in [2.45, 2.75) is 10.8 Å². The molecule has 0 bridgehead atoms. The second-order valence-corrected chi connectivity index (χ2v) is 14.0. The summed E-state index contributed by atoms with van der Waals surface area (Å²) in [6.45, 7) is 1.85. The topological polar surface area (TPSA) is 124 Å². The van der Waals surface area contributed by atoms with Crippen LogP contribution in [0.1, 0.15) is 17.0 Å². The van der Waals surface area contributed by atoms with Gasteiger partial charge < -0.3 is 5.32 Å². The third kappa shape index (κ3) is 7.16. The van der Waals surface area contributed by atoms with Gasteiger partial charge >= 0.3 is 0 Å². The summed E-state index contributed by atoms with van der Waals surface area (Å²) in [7, 11) is -7.75. The van der Waals surface area contributed by atoms with Crippen molar-refractivity contribution in [3.63, 3.8) is 0 Å². The van der Waals surface area contributed by atoms with Crippen LogP contribution in [0.25, 0.3) is 0 Å². The second kappa shape index (κ2) is 12.9. The van der Waals surface area contributed by atoms with Gasteiger partial charge in [0.05, 0.1) is 29.4 Å². The van der Waals surface area contributed by atoms with Crippen LogP contribution in [0.4, 0.5) is 4.39 Å². The lowest BCUT2D eigenvalue weighted by atomic mass is 9.91. The molecule has 0 aliphatic carbocycles. The first-order valence-corrected chi connectivity index (χ1v) is 16.8. The van der Waals surface area contributed by atoms with Gasteiger partial charge in [-0.3, -0.25) is 0 Å². The summed E-state index contributed by atoms with van der Waals surface area (Å²) >= 11 is 5.95. The lowest BCUT2D eigenvalue weighted by Gasteiger charge is -2.26. The molecule has 2 aliphatic heterocycles. The first-order valence-electron chi connectivity index (χ1n) is 13.3. The molecule has 2 aliphatic rings. The van der Waals surface area contributed by atoms with Crippen molar-refractivity contribution < 1.29 is 21.2 Å². The molecule has 3 aromatic rings. The van der Waals surface area contributed by atoms with Crippen molar-refractivity contribution in [2.24, 2.45) is 10.1 Å². The monoisotopic (exact) mass is 632 g/mol. The number of benzene rings is 3. The van der Waals surface area contributed by atoms with Crippen LogP contribution in [0.3, 0.4) is 0 Å². The summed E-state index contributed by atoms with van der Waals surface area (Å²) in [5, 5.41) is 9.64. The van der Waals surface area contributed by atoms with E-state index < -0.39 is 25.9 Å². The van der Waals surface area contributed by atoms with Crippen LogP contribution < -0.4 is 10.0 Å². The van der Waals surface area contributed by atoms with E-state index in [0.29, 0.717) is 42.5 Å². The molecule has 2 N–H and O–H groups in total. The highest BCUT2D eigenvalue weighted by atomic mass is 35.5. The van der Waals surface area contributed by atoms with Gasteiger partial charge in [-0.2, -0.15) is 9.41 Å². The molecule has 0 unspecified atom stereocenters. The predicted octanol–water partition coefficient (Wildman–Crippen LogP) is 2.85. The van der Waals surface area contributed by atoms with Gasteiger partial charge in [0.25, 0.3) is 10.0 Å². The zero-order valence-electron chi connectivity index (χ0n) is 22.5. The molecule has 10 nitrogen and oxygen atoms in total. The molecular formula is C28H30ClFN6O4S2. The normalized spacial score (nSPS) is 18.6. The Kier molecular flexibility index (Phi) is 9.23. The molecule has 1 fully saturated rings. The Bertz CT molecular complexity index is 1660. The summed E-state index contributed by atoms with van der Waals surface area (Å²) in [5.41, 5.74) is 2.17. The smallest absolute Gasteiger partial charge is 0.264 e. The number of rotatable bonds is 8. The number of sulfonamides is 2. The minimum Gasteiger partial charge on any atom is -0.314 e. The zero-order valence-corrected chi connectivity index (χ0v) is 24.9. The molecule has 222 valence electrons. The molecule has 14 heteroatoms. The predicted molar refractivity (Wildman–Crippen MR) is 161 cm³/mol. The third-order valence-electron chi connectivity index (χ3n) is 6.93. The van der Waals surface area contributed by atoms with Gasteiger partial charge in [-0.15, -0.1) is 0 Å². The van der Waals surface area contributed by atoms with E-state index >= 15 is 0 Å². The number of guanidine groups is 1. The molecule has 0 spiro atoms. The van der Waals surface area contributed by atoms with E-state index in [9.17, 15) is 21.2 Å².